The minimum atomic E-state index is -1.05. The van der Waals surface area contributed by atoms with Gasteiger partial charge in [-0.15, -0.1) is 0 Å². The van der Waals surface area contributed by atoms with Gasteiger partial charge in [-0.25, -0.2) is 9.97 Å². The zero-order chi connectivity index (χ0) is 14.4. The molecule has 1 heterocycles. The number of ketones is 2. The highest BCUT2D eigenvalue weighted by Crippen LogP contribution is 2.44. The van der Waals surface area contributed by atoms with Gasteiger partial charge in [-0.1, -0.05) is 48.0 Å². The van der Waals surface area contributed by atoms with Crippen LogP contribution >= 0.6 is 23.2 Å². The van der Waals surface area contributed by atoms with Crippen LogP contribution in [0.2, 0.25) is 10.3 Å². The van der Waals surface area contributed by atoms with Crippen LogP contribution in [0.3, 0.4) is 0 Å². The number of hydrogen-bond donors (Lipinski definition) is 0. The quantitative estimate of drug-likeness (QED) is 0.591. The number of halogens is 2. The van der Waals surface area contributed by atoms with E-state index in [1.807, 2.05) is 0 Å². The normalized spacial score (nSPS) is 24.9. The first-order valence-electron chi connectivity index (χ1n) is 5.83. The number of fused-ring (bicyclic) bond motifs is 1. The molecule has 0 bridgehead atoms. The van der Waals surface area contributed by atoms with Crippen molar-refractivity contribution in [2.24, 2.45) is 5.92 Å². The maximum absolute atomic E-state index is 12.5. The molecule has 20 heavy (non-hydrogen) atoms. The van der Waals surface area contributed by atoms with Gasteiger partial charge in [-0.2, -0.15) is 0 Å². The van der Waals surface area contributed by atoms with E-state index in [9.17, 15) is 9.59 Å². The summed E-state index contributed by atoms with van der Waals surface area (Å²) in [5.74, 6) is -2.27. The molecule has 0 N–H and O–H groups in total. The summed E-state index contributed by atoms with van der Waals surface area (Å²) in [6.07, 6.45) is 6.23. The zero-order valence-corrected chi connectivity index (χ0v) is 11.6. The van der Waals surface area contributed by atoms with Crippen molar-refractivity contribution in [1.29, 1.82) is 0 Å². The molecule has 0 aliphatic heterocycles. The minimum absolute atomic E-state index is 0.0227. The number of carbonyl (C=O) groups excluding carboxylic acids is 2. The van der Waals surface area contributed by atoms with E-state index in [1.165, 1.54) is 6.33 Å². The van der Waals surface area contributed by atoms with Crippen molar-refractivity contribution in [3.63, 3.8) is 0 Å². The number of rotatable bonds is 1. The number of hydrogen-bond acceptors (Lipinski definition) is 4. The standard InChI is InChI=1S/C14H8Cl2N2O2/c1-6-3-2-4-7-8(6)12(20)9(11(7)19)10-13(15)17-5-18-14(10)16/h2-5,8-9H,1H2. The first kappa shape index (κ1) is 13.2. The molecule has 2 atom stereocenters. The predicted molar refractivity (Wildman–Crippen MR) is 74.7 cm³/mol. The fourth-order valence-corrected chi connectivity index (χ4v) is 3.09. The zero-order valence-electron chi connectivity index (χ0n) is 10.1. The highest BCUT2D eigenvalue weighted by molar-refractivity contribution is 6.37. The smallest absolute Gasteiger partial charge is 0.175 e. The summed E-state index contributed by atoms with van der Waals surface area (Å²) < 4.78 is 0. The Balaban J connectivity index is 2.16. The van der Waals surface area contributed by atoms with E-state index < -0.39 is 11.8 Å². The van der Waals surface area contributed by atoms with Gasteiger partial charge >= 0.3 is 0 Å². The lowest BCUT2D eigenvalue weighted by Crippen LogP contribution is -2.17. The third kappa shape index (κ3) is 1.76. The number of Topliss-reactive ketones (excluding diaryl/α,β-unsaturated/α-hetero) is 2. The summed E-state index contributed by atoms with van der Waals surface area (Å²) >= 11 is 12.0. The second-order valence-corrected chi connectivity index (χ2v) is 5.27. The molecule has 0 amide bonds. The molecule has 0 spiro atoms. The minimum Gasteiger partial charge on any atom is -0.297 e. The van der Waals surface area contributed by atoms with Crippen LogP contribution in [0.4, 0.5) is 0 Å². The summed E-state index contributed by atoms with van der Waals surface area (Å²) in [4.78, 5) is 32.6. The van der Waals surface area contributed by atoms with Crippen LogP contribution in [-0.4, -0.2) is 21.5 Å². The SMILES string of the molecule is C=C1C=CC=C2C(=O)C(c3c(Cl)ncnc3Cl)C(=O)C12. The third-order valence-corrected chi connectivity index (χ3v) is 4.06. The van der Waals surface area contributed by atoms with E-state index in [4.69, 9.17) is 23.2 Å². The lowest BCUT2D eigenvalue weighted by Gasteiger charge is -2.13. The molecule has 4 nitrogen and oxygen atoms in total. The van der Waals surface area contributed by atoms with E-state index >= 15 is 0 Å². The third-order valence-electron chi connectivity index (χ3n) is 3.46. The van der Waals surface area contributed by atoms with Crippen molar-refractivity contribution < 1.29 is 9.59 Å². The topological polar surface area (TPSA) is 59.9 Å². The Hall–Kier alpha value is -1.78. The highest BCUT2D eigenvalue weighted by atomic mass is 35.5. The van der Waals surface area contributed by atoms with Gasteiger partial charge in [0.2, 0.25) is 0 Å². The van der Waals surface area contributed by atoms with E-state index in [0.717, 1.165) is 0 Å². The van der Waals surface area contributed by atoms with Crippen LogP contribution in [0.25, 0.3) is 0 Å². The van der Waals surface area contributed by atoms with Crippen LogP contribution in [-0.2, 0) is 9.59 Å². The summed E-state index contributed by atoms with van der Waals surface area (Å²) in [5.41, 5.74) is 1.19. The van der Waals surface area contributed by atoms with Gasteiger partial charge in [-0.05, 0) is 5.57 Å². The fourth-order valence-electron chi connectivity index (χ4n) is 2.56. The van der Waals surface area contributed by atoms with E-state index in [2.05, 4.69) is 16.5 Å². The molecule has 1 aromatic rings. The molecule has 0 aromatic carbocycles. The largest absolute Gasteiger partial charge is 0.297 e. The molecule has 2 aliphatic rings. The number of allylic oxidation sites excluding steroid dienone is 5. The van der Waals surface area contributed by atoms with Gasteiger partial charge in [0.25, 0.3) is 0 Å². The molecule has 6 heteroatoms. The summed E-state index contributed by atoms with van der Waals surface area (Å²) in [5, 5.41) is 0.0454. The number of carbonyl (C=O) groups is 2. The Bertz CT molecular complexity index is 702. The fraction of sp³-hybridized carbons (Fsp3) is 0.143. The van der Waals surface area contributed by atoms with Crippen molar-refractivity contribution in [1.82, 2.24) is 9.97 Å². The summed E-state index contributed by atoms with van der Waals surface area (Å²) in [6.45, 7) is 3.82. The molecule has 1 aromatic heterocycles. The van der Waals surface area contributed by atoms with Crippen molar-refractivity contribution in [2.45, 2.75) is 5.92 Å². The molecule has 2 unspecified atom stereocenters. The van der Waals surface area contributed by atoms with Crippen LogP contribution in [0.15, 0.2) is 42.3 Å². The monoisotopic (exact) mass is 306 g/mol. The molecular formula is C14H8Cl2N2O2. The molecule has 1 saturated carbocycles. The molecule has 3 rings (SSSR count). The lowest BCUT2D eigenvalue weighted by molar-refractivity contribution is -0.124. The van der Waals surface area contributed by atoms with Gasteiger partial charge in [0.15, 0.2) is 11.6 Å². The van der Waals surface area contributed by atoms with Crippen molar-refractivity contribution in [2.75, 3.05) is 0 Å². The molecule has 100 valence electrons. The average Bonchev–Trinajstić information content (AvgIpc) is 2.65. The van der Waals surface area contributed by atoms with Gasteiger partial charge in [-0.3, -0.25) is 9.59 Å². The Morgan fingerprint density at radius 1 is 1.10 bits per heavy atom. The first-order chi connectivity index (χ1) is 9.52. The van der Waals surface area contributed by atoms with Crippen molar-refractivity contribution in [3.05, 3.63) is 58.2 Å². The van der Waals surface area contributed by atoms with Crippen molar-refractivity contribution in [3.8, 4) is 0 Å². The second-order valence-electron chi connectivity index (χ2n) is 4.56. The van der Waals surface area contributed by atoms with E-state index in [-0.39, 0.29) is 27.4 Å². The van der Waals surface area contributed by atoms with Gasteiger partial charge in [0.05, 0.1) is 5.92 Å². The van der Waals surface area contributed by atoms with Crippen molar-refractivity contribution >= 4 is 34.8 Å². The average molecular weight is 307 g/mol. The molecule has 1 fully saturated rings. The highest BCUT2D eigenvalue weighted by Gasteiger charge is 2.49. The van der Waals surface area contributed by atoms with E-state index in [1.54, 1.807) is 18.2 Å². The lowest BCUT2D eigenvalue weighted by atomic mass is 9.89. The maximum Gasteiger partial charge on any atom is 0.175 e. The van der Waals surface area contributed by atoms with Crippen LogP contribution in [0.5, 0.6) is 0 Å². The summed E-state index contributed by atoms with van der Waals surface area (Å²) in [7, 11) is 0. The second kappa shape index (κ2) is 4.65. The molecule has 2 aliphatic carbocycles. The first-order valence-corrected chi connectivity index (χ1v) is 6.59. The number of aromatic nitrogens is 2. The van der Waals surface area contributed by atoms with Gasteiger partial charge in [0, 0.05) is 11.1 Å². The molecular weight excluding hydrogens is 299 g/mol. The Morgan fingerprint density at radius 3 is 2.35 bits per heavy atom. The van der Waals surface area contributed by atoms with Crippen LogP contribution < -0.4 is 0 Å². The Morgan fingerprint density at radius 2 is 1.75 bits per heavy atom. The van der Waals surface area contributed by atoms with E-state index in [0.29, 0.717) is 11.1 Å². The molecule has 0 radical (unpaired) electrons. The predicted octanol–water partition coefficient (Wildman–Crippen LogP) is 2.69. The Labute approximate surface area is 124 Å². The molecule has 0 saturated heterocycles. The summed E-state index contributed by atoms with van der Waals surface area (Å²) in [6, 6.07) is 0. The van der Waals surface area contributed by atoms with Crippen LogP contribution in [0, 0.1) is 5.92 Å². The number of nitrogens with zero attached hydrogens (tertiary/aromatic N) is 2. The van der Waals surface area contributed by atoms with Gasteiger partial charge in [0.1, 0.15) is 22.6 Å². The van der Waals surface area contributed by atoms with Crippen LogP contribution in [0.1, 0.15) is 11.5 Å². The Kier molecular flexibility index (Phi) is 3.07. The van der Waals surface area contributed by atoms with Gasteiger partial charge < -0.3 is 0 Å². The maximum atomic E-state index is 12.5.